The second-order valence-corrected chi connectivity index (χ2v) is 6.70. The lowest BCUT2D eigenvalue weighted by molar-refractivity contribution is -0.116. The monoisotopic (exact) mass is 350 g/mol. The van der Waals surface area contributed by atoms with Crippen molar-refractivity contribution in [3.63, 3.8) is 0 Å². The van der Waals surface area contributed by atoms with E-state index >= 15 is 0 Å². The first-order chi connectivity index (χ1) is 12.5. The van der Waals surface area contributed by atoms with Gasteiger partial charge < -0.3 is 5.32 Å². The van der Waals surface area contributed by atoms with Crippen molar-refractivity contribution in [1.82, 2.24) is 14.6 Å². The highest BCUT2D eigenvalue weighted by atomic mass is 16.2. The minimum Gasteiger partial charge on any atom is -0.311 e. The Morgan fingerprint density at radius 2 is 1.81 bits per heavy atom. The summed E-state index contributed by atoms with van der Waals surface area (Å²) in [5.74, 6) is 0.859. The Morgan fingerprint density at radius 3 is 2.54 bits per heavy atom. The van der Waals surface area contributed by atoms with Gasteiger partial charge in [0.1, 0.15) is 5.82 Å². The van der Waals surface area contributed by atoms with Crippen LogP contribution in [0.25, 0.3) is 5.65 Å². The summed E-state index contributed by atoms with van der Waals surface area (Å²) in [6.07, 6.45) is 4.51. The summed E-state index contributed by atoms with van der Waals surface area (Å²) in [5.41, 5.74) is 2.51. The van der Waals surface area contributed by atoms with E-state index < -0.39 is 0 Å². The smallest absolute Gasteiger partial charge is 0.225 e. The van der Waals surface area contributed by atoms with Gasteiger partial charge in [-0.3, -0.25) is 9.59 Å². The number of anilines is 1. The quantitative estimate of drug-likeness (QED) is 0.661. The molecule has 0 saturated heterocycles. The largest absolute Gasteiger partial charge is 0.311 e. The molecule has 6 nitrogen and oxygen atoms in total. The Morgan fingerprint density at radius 1 is 1.04 bits per heavy atom. The molecule has 1 amide bonds. The second-order valence-electron chi connectivity index (χ2n) is 6.70. The van der Waals surface area contributed by atoms with Gasteiger partial charge in [0.15, 0.2) is 11.4 Å². The molecule has 0 spiro atoms. The van der Waals surface area contributed by atoms with Gasteiger partial charge in [-0.05, 0) is 24.0 Å². The molecule has 0 aliphatic carbocycles. The number of hydrogen-bond acceptors (Lipinski definition) is 4. The first-order valence-corrected chi connectivity index (χ1v) is 8.73. The van der Waals surface area contributed by atoms with Gasteiger partial charge in [0.25, 0.3) is 0 Å². The number of carbonyl (C=O) groups excluding carboxylic acids is 2. The number of Topliss-reactive ketones (excluding diaryl/α,β-unsaturated/α-hetero) is 1. The summed E-state index contributed by atoms with van der Waals surface area (Å²) in [7, 11) is 0. The number of hydrogen-bond donors (Lipinski definition) is 1. The molecule has 0 saturated carbocycles. The summed E-state index contributed by atoms with van der Waals surface area (Å²) < 4.78 is 1.55. The van der Waals surface area contributed by atoms with E-state index in [0.29, 0.717) is 22.9 Å². The van der Waals surface area contributed by atoms with Gasteiger partial charge in [-0.2, -0.15) is 9.61 Å². The predicted molar refractivity (Wildman–Crippen MR) is 100 cm³/mol. The minimum absolute atomic E-state index is 0.0322. The number of ketones is 1. The molecule has 0 unspecified atom stereocenters. The Hall–Kier alpha value is -3.02. The van der Waals surface area contributed by atoms with E-state index in [9.17, 15) is 9.59 Å². The number of nitrogens with zero attached hydrogens (tertiary/aromatic N) is 3. The molecule has 3 rings (SSSR count). The fraction of sp³-hybridized carbons (Fsp3) is 0.300. The van der Waals surface area contributed by atoms with Crippen LogP contribution in [0.4, 0.5) is 5.82 Å². The Bertz CT molecular complexity index is 913. The number of nitrogens with one attached hydrogen (secondary N) is 1. The van der Waals surface area contributed by atoms with Crippen LogP contribution in [0.3, 0.4) is 0 Å². The molecule has 26 heavy (non-hydrogen) atoms. The SMILES string of the molecule is CC(C)Cc1ccc(C(=O)CCC(=O)Nc2ccnc3ccnn23)cc1. The molecule has 0 aliphatic heterocycles. The average molecular weight is 350 g/mol. The maximum Gasteiger partial charge on any atom is 0.225 e. The van der Waals surface area contributed by atoms with Gasteiger partial charge in [-0.25, -0.2) is 4.98 Å². The van der Waals surface area contributed by atoms with Gasteiger partial charge >= 0.3 is 0 Å². The Balaban J connectivity index is 1.55. The molecule has 6 heteroatoms. The molecule has 2 heterocycles. The van der Waals surface area contributed by atoms with E-state index in [2.05, 4.69) is 29.2 Å². The molecular formula is C20H22N4O2. The van der Waals surface area contributed by atoms with Crippen molar-refractivity contribution in [2.45, 2.75) is 33.1 Å². The van der Waals surface area contributed by atoms with Crippen molar-refractivity contribution >= 4 is 23.2 Å². The van der Waals surface area contributed by atoms with Crippen LogP contribution in [0.1, 0.15) is 42.6 Å². The van der Waals surface area contributed by atoms with E-state index in [1.165, 1.54) is 5.56 Å². The maximum atomic E-state index is 12.3. The lowest BCUT2D eigenvalue weighted by Gasteiger charge is -2.08. The number of benzene rings is 1. The molecule has 0 radical (unpaired) electrons. The van der Waals surface area contributed by atoms with Crippen molar-refractivity contribution in [1.29, 1.82) is 0 Å². The van der Waals surface area contributed by atoms with Crippen LogP contribution >= 0.6 is 0 Å². The third-order valence-corrected chi connectivity index (χ3v) is 4.06. The summed E-state index contributed by atoms with van der Waals surface area (Å²) in [5, 5.41) is 6.89. The third-order valence-electron chi connectivity index (χ3n) is 4.06. The van der Waals surface area contributed by atoms with E-state index in [-0.39, 0.29) is 24.5 Å². The normalized spacial score (nSPS) is 11.0. The number of rotatable bonds is 7. The summed E-state index contributed by atoms with van der Waals surface area (Å²) in [4.78, 5) is 28.6. The van der Waals surface area contributed by atoms with Crippen molar-refractivity contribution in [2.75, 3.05) is 5.32 Å². The highest BCUT2D eigenvalue weighted by Crippen LogP contribution is 2.13. The minimum atomic E-state index is -0.224. The molecule has 0 atom stereocenters. The van der Waals surface area contributed by atoms with E-state index in [0.717, 1.165) is 6.42 Å². The second kappa shape index (κ2) is 7.91. The molecule has 0 fully saturated rings. The van der Waals surface area contributed by atoms with Crippen molar-refractivity contribution < 1.29 is 9.59 Å². The lowest BCUT2D eigenvalue weighted by atomic mass is 9.99. The molecule has 0 aliphatic rings. The fourth-order valence-electron chi connectivity index (χ4n) is 2.80. The number of aromatic nitrogens is 3. The zero-order chi connectivity index (χ0) is 18.5. The highest BCUT2D eigenvalue weighted by molar-refractivity contribution is 5.99. The molecule has 1 aromatic carbocycles. The first kappa shape index (κ1) is 17.8. The van der Waals surface area contributed by atoms with E-state index in [4.69, 9.17) is 0 Å². The fourth-order valence-corrected chi connectivity index (χ4v) is 2.80. The zero-order valence-electron chi connectivity index (χ0n) is 15.0. The van der Waals surface area contributed by atoms with Gasteiger partial charge in [-0.1, -0.05) is 38.1 Å². The molecule has 2 aromatic heterocycles. The van der Waals surface area contributed by atoms with Gasteiger partial charge in [0, 0.05) is 30.7 Å². The Labute approximate surface area is 152 Å². The van der Waals surface area contributed by atoms with Crippen LogP contribution in [0.15, 0.2) is 48.8 Å². The molecule has 134 valence electrons. The number of carbonyl (C=O) groups is 2. The van der Waals surface area contributed by atoms with Crippen molar-refractivity contribution in [2.24, 2.45) is 5.92 Å². The zero-order valence-corrected chi connectivity index (χ0v) is 15.0. The van der Waals surface area contributed by atoms with Crippen LogP contribution in [0, 0.1) is 5.92 Å². The number of amides is 1. The first-order valence-electron chi connectivity index (χ1n) is 8.73. The molecular weight excluding hydrogens is 328 g/mol. The Kier molecular flexibility index (Phi) is 5.41. The van der Waals surface area contributed by atoms with Gasteiger partial charge in [0.2, 0.25) is 5.91 Å². The van der Waals surface area contributed by atoms with E-state index in [1.807, 2.05) is 24.3 Å². The highest BCUT2D eigenvalue weighted by Gasteiger charge is 2.11. The van der Waals surface area contributed by atoms with Crippen molar-refractivity contribution in [3.05, 3.63) is 59.9 Å². The van der Waals surface area contributed by atoms with Gasteiger partial charge in [-0.15, -0.1) is 0 Å². The molecule has 3 aromatic rings. The van der Waals surface area contributed by atoms with Crippen LogP contribution < -0.4 is 5.32 Å². The maximum absolute atomic E-state index is 12.3. The van der Waals surface area contributed by atoms with Crippen LogP contribution in [0.2, 0.25) is 0 Å². The summed E-state index contributed by atoms with van der Waals surface area (Å²) in [6, 6.07) is 11.1. The average Bonchev–Trinajstić information content (AvgIpc) is 3.09. The van der Waals surface area contributed by atoms with Gasteiger partial charge in [0.05, 0.1) is 6.20 Å². The molecule has 1 N–H and O–H groups in total. The predicted octanol–water partition coefficient (Wildman–Crippen LogP) is 3.53. The molecule has 0 bridgehead atoms. The van der Waals surface area contributed by atoms with Crippen LogP contribution in [0.5, 0.6) is 0 Å². The van der Waals surface area contributed by atoms with Crippen LogP contribution in [-0.2, 0) is 11.2 Å². The lowest BCUT2D eigenvalue weighted by Crippen LogP contribution is -2.16. The summed E-state index contributed by atoms with van der Waals surface area (Å²) >= 11 is 0. The topological polar surface area (TPSA) is 76.4 Å². The third kappa shape index (κ3) is 4.33. The number of fused-ring (bicyclic) bond motifs is 1. The van der Waals surface area contributed by atoms with Crippen LogP contribution in [-0.4, -0.2) is 26.3 Å². The summed E-state index contributed by atoms with van der Waals surface area (Å²) in [6.45, 7) is 4.33. The standard InChI is InChI=1S/C20H22N4O2/c1-14(2)13-15-3-5-16(6-4-15)17(25)7-8-20(26)23-19-9-11-21-18-10-12-22-24(18)19/h3-6,9-12,14H,7-8,13H2,1-2H3,(H,23,26). The van der Waals surface area contributed by atoms with E-state index in [1.54, 1.807) is 29.0 Å². The van der Waals surface area contributed by atoms with Crippen molar-refractivity contribution in [3.8, 4) is 0 Å².